The van der Waals surface area contributed by atoms with Crippen LogP contribution in [0.15, 0.2) is 67.0 Å². The van der Waals surface area contributed by atoms with Crippen LogP contribution in [0.3, 0.4) is 0 Å². The highest BCUT2D eigenvalue weighted by Gasteiger charge is 2.30. The van der Waals surface area contributed by atoms with E-state index >= 15 is 0 Å². The smallest absolute Gasteiger partial charge is 0.253 e. The molecule has 0 bridgehead atoms. The number of nitrogens with one attached hydrogen (secondary N) is 1. The van der Waals surface area contributed by atoms with Crippen molar-refractivity contribution in [2.75, 3.05) is 7.05 Å². The zero-order valence-corrected chi connectivity index (χ0v) is 21.1. The highest BCUT2D eigenvalue weighted by Crippen LogP contribution is 2.33. The highest BCUT2D eigenvalue weighted by molar-refractivity contribution is 6.33. The molecular weight excluding hydrogens is 474 g/mol. The fraction of sp³-hybridized carbons (Fsp3) is 0.345. The van der Waals surface area contributed by atoms with Crippen LogP contribution >= 0.6 is 11.6 Å². The molecule has 0 aliphatic heterocycles. The summed E-state index contributed by atoms with van der Waals surface area (Å²) >= 11 is 6.21. The molecule has 0 saturated heterocycles. The van der Waals surface area contributed by atoms with Gasteiger partial charge in [0.2, 0.25) is 0 Å². The number of hydrogen-bond acceptors (Lipinski definition) is 4. The predicted molar refractivity (Wildman–Crippen MR) is 139 cm³/mol. The van der Waals surface area contributed by atoms with Crippen molar-refractivity contribution in [2.45, 2.75) is 56.7 Å². The highest BCUT2D eigenvalue weighted by atomic mass is 35.5. The summed E-state index contributed by atoms with van der Waals surface area (Å²) in [6, 6.07) is 16.7. The van der Waals surface area contributed by atoms with Gasteiger partial charge in [-0.05, 0) is 86.1 Å². The summed E-state index contributed by atoms with van der Waals surface area (Å²) in [6.45, 7) is 0. The van der Waals surface area contributed by atoms with Crippen LogP contribution in [0.1, 0.15) is 70.0 Å². The number of aryl methyl sites for hydroxylation is 1. The lowest BCUT2D eigenvalue weighted by Crippen LogP contribution is -2.41. The van der Waals surface area contributed by atoms with E-state index in [-0.39, 0.29) is 30.0 Å². The molecular formula is C29H30ClN3O3. The minimum absolute atomic E-state index is 0.0133. The summed E-state index contributed by atoms with van der Waals surface area (Å²) in [5.74, 6) is 0.657. The first-order valence-electron chi connectivity index (χ1n) is 12.5. The molecule has 2 aliphatic carbocycles. The third kappa shape index (κ3) is 5.24. The average molecular weight is 504 g/mol. The van der Waals surface area contributed by atoms with Gasteiger partial charge in [0, 0.05) is 31.0 Å². The number of fused-ring (bicyclic) bond motifs is 1. The molecule has 36 heavy (non-hydrogen) atoms. The topological polar surface area (TPSA) is 71.5 Å². The molecule has 2 aromatic carbocycles. The number of aromatic nitrogens is 1. The average Bonchev–Trinajstić information content (AvgIpc) is 3.31. The van der Waals surface area contributed by atoms with Crippen LogP contribution in [0.2, 0.25) is 5.02 Å². The van der Waals surface area contributed by atoms with Crippen molar-refractivity contribution in [1.29, 1.82) is 0 Å². The number of amides is 2. The number of carbonyl (C=O) groups is 2. The Balaban J connectivity index is 1.22. The molecule has 0 radical (unpaired) electrons. The Morgan fingerprint density at radius 3 is 2.50 bits per heavy atom. The molecule has 0 spiro atoms. The second kappa shape index (κ2) is 10.7. The van der Waals surface area contributed by atoms with E-state index in [1.165, 1.54) is 5.56 Å². The van der Waals surface area contributed by atoms with Crippen LogP contribution in [0.5, 0.6) is 5.75 Å². The Bertz CT molecular complexity index is 1240. The van der Waals surface area contributed by atoms with Crippen LogP contribution in [0, 0.1) is 0 Å². The maximum atomic E-state index is 13.4. The van der Waals surface area contributed by atoms with Gasteiger partial charge in [-0.15, -0.1) is 0 Å². The van der Waals surface area contributed by atoms with E-state index in [0.717, 1.165) is 49.8 Å². The minimum Gasteiger partial charge on any atom is -0.490 e. The number of benzene rings is 2. The molecule has 7 heteroatoms. The second-order valence-electron chi connectivity index (χ2n) is 9.61. The van der Waals surface area contributed by atoms with Gasteiger partial charge < -0.3 is 15.0 Å². The van der Waals surface area contributed by atoms with Crippen molar-refractivity contribution >= 4 is 23.4 Å². The third-order valence-corrected chi connectivity index (χ3v) is 7.69. The molecule has 5 rings (SSSR count). The number of ether oxygens (including phenoxy) is 1. The molecule has 186 valence electrons. The van der Waals surface area contributed by atoms with Gasteiger partial charge in [0.15, 0.2) is 0 Å². The maximum Gasteiger partial charge on any atom is 0.253 e. The fourth-order valence-corrected chi connectivity index (χ4v) is 5.52. The van der Waals surface area contributed by atoms with Gasteiger partial charge in [0.05, 0.1) is 22.7 Å². The van der Waals surface area contributed by atoms with Crippen LogP contribution < -0.4 is 10.1 Å². The molecule has 1 atom stereocenters. The number of nitrogens with zero attached hydrogens (tertiary/aromatic N) is 2. The zero-order valence-electron chi connectivity index (χ0n) is 20.3. The molecule has 2 amide bonds. The molecule has 2 aliphatic rings. The summed E-state index contributed by atoms with van der Waals surface area (Å²) in [7, 11) is 1.89. The largest absolute Gasteiger partial charge is 0.490 e. The second-order valence-corrected chi connectivity index (χ2v) is 10.0. The number of rotatable bonds is 6. The van der Waals surface area contributed by atoms with Crippen molar-refractivity contribution in [1.82, 2.24) is 15.2 Å². The number of pyridine rings is 1. The fourth-order valence-electron chi connectivity index (χ4n) is 5.30. The first-order valence-corrected chi connectivity index (χ1v) is 12.9. The molecule has 1 N–H and O–H groups in total. The lowest BCUT2D eigenvalue weighted by atomic mass is 9.91. The van der Waals surface area contributed by atoms with Crippen LogP contribution in [0.25, 0.3) is 0 Å². The van der Waals surface area contributed by atoms with Gasteiger partial charge in [-0.1, -0.05) is 29.8 Å². The number of carbonyl (C=O) groups excluding carboxylic acids is 2. The molecule has 0 unspecified atom stereocenters. The summed E-state index contributed by atoms with van der Waals surface area (Å²) in [6.07, 6.45) is 8.92. The quantitative estimate of drug-likeness (QED) is 0.474. The molecule has 6 nitrogen and oxygen atoms in total. The lowest BCUT2D eigenvalue weighted by Gasteiger charge is -2.35. The summed E-state index contributed by atoms with van der Waals surface area (Å²) < 4.78 is 6.08. The van der Waals surface area contributed by atoms with Gasteiger partial charge in [-0.25, -0.2) is 0 Å². The Morgan fingerprint density at radius 2 is 1.75 bits per heavy atom. The summed E-state index contributed by atoms with van der Waals surface area (Å²) in [5, 5.41) is 3.54. The van der Waals surface area contributed by atoms with Crippen molar-refractivity contribution in [2.24, 2.45) is 0 Å². The summed E-state index contributed by atoms with van der Waals surface area (Å²) in [5.41, 5.74) is 3.31. The van der Waals surface area contributed by atoms with E-state index in [9.17, 15) is 9.59 Å². The Kier molecular flexibility index (Phi) is 7.23. The lowest BCUT2D eigenvalue weighted by molar-refractivity contribution is 0.0609. The third-order valence-electron chi connectivity index (χ3n) is 7.36. The molecule has 1 heterocycles. The van der Waals surface area contributed by atoms with Crippen molar-refractivity contribution < 1.29 is 14.3 Å². The van der Waals surface area contributed by atoms with Crippen LogP contribution in [0.4, 0.5) is 0 Å². The van der Waals surface area contributed by atoms with Crippen LogP contribution in [-0.2, 0) is 6.42 Å². The van der Waals surface area contributed by atoms with Gasteiger partial charge in [0.25, 0.3) is 11.8 Å². The Labute approximate surface area is 216 Å². The first-order chi connectivity index (χ1) is 17.5. The van der Waals surface area contributed by atoms with E-state index < -0.39 is 0 Å². The van der Waals surface area contributed by atoms with Crippen molar-refractivity contribution in [3.63, 3.8) is 0 Å². The van der Waals surface area contributed by atoms with E-state index in [1.54, 1.807) is 36.7 Å². The first kappa shape index (κ1) is 24.3. The summed E-state index contributed by atoms with van der Waals surface area (Å²) in [4.78, 5) is 32.1. The monoisotopic (exact) mass is 503 g/mol. The minimum atomic E-state index is -0.196. The normalized spacial score (nSPS) is 20.9. The van der Waals surface area contributed by atoms with Gasteiger partial charge >= 0.3 is 0 Å². The van der Waals surface area contributed by atoms with E-state index in [2.05, 4.69) is 10.3 Å². The van der Waals surface area contributed by atoms with E-state index in [1.807, 2.05) is 42.3 Å². The Hall–Kier alpha value is -3.38. The zero-order chi connectivity index (χ0) is 25.1. The molecule has 1 saturated carbocycles. The van der Waals surface area contributed by atoms with Crippen LogP contribution in [-0.4, -0.2) is 40.9 Å². The van der Waals surface area contributed by atoms with E-state index in [0.29, 0.717) is 16.1 Å². The number of hydrogen-bond donors (Lipinski definition) is 1. The van der Waals surface area contributed by atoms with Gasteiger partial charge in [-0.3, -0.25) is 14.6 Å². The Morgan fingerprint density at radius 1 is 1.00 bits per heavy atom. The SMILES string of the molecule is CN(C(=O)c1ccc2c(c1)[C@H](NC(=O)c1ccccc1Cl)CC2)C1CCC(Oc2ccncc2)CC1. The molecule has 3 aromatic rings. The standard InChI is InChI=1S/C29H30ClN3O3/c1-33(21-9-11-22(12-10-21)36-23-14-16-31-17-15-23)29(35)20-7-6-19-8-13-27(25(19)18-20)32-28(34)24-4-2-3-5-26(24)30/h2-7,14-18,21-22,27H,8-13H2,1H3,(H,32,34)/t21?,22?,27-/m1/s1. The number of halogens is 1. The van der Waals surface area contributed by atoms with Gasteiger partial charge in [0.1, 0.15) is 5.75 Å². The molecule has 1 fully saturated rings. The molecule has 1 aromatic heterocycles. The van der Waals surface area contributed by atoms with Crippen molar-refractivity contribution in [3.8, 4) is 5.75 Å². The maximum absolute atomic E-state index is 13.4. The van der Waals surface area contributed by atoms with Crippen molar-refractivity contribution in [3.05, 3.63) is 94.3 Å². The van der Waals surface area contributed by atoms with E-state index in [4.69, 9.17) is 16.3 Å². The predicted octanol–water partition coefficient (Wildman–Crippen LogP) is 5.61. The van der Waals surface area contributed by atoms with Gasteiger partial charge in [-0.2, -0.15) is 0 Å².